The van der Waals surface area contributed by atoms with Crippen LogP contribution < -0.4 is 5.32 Å². The number of rotatable bonds is 6. The molecule has 0 aliphatic heterocycles. The Morgan fingerprint density at radius 2 is 2.16 bits per heavy atom. The lowest BCUT2D eigenvalue weighted by molar-refractivity contribution is -0.384. The van der Waals surface area contributed by atoms with Gasteiger partial charge in [-0.1, -0.05) is 25.4 Å². The van der Waals surface area contributed by atoms with E-state index in [1.165, 1.54) is 0 Å². The highest BCUT2D eigenvalue weighted by molar-refractivity contribution is 6.31. The van der Waals surface area contributed by atoms with Gasteiger partial charge in [0.15, 0.2) is 0 Å². The van der Waals surface area contributed by atoms with Gasteiger partial charge in [-0.05, 0) is 25.2 Å². The Kier molecular flexibility index (Phi) is 4.19. The van der Waals surface area contributed by atoms with E-state index in [-0.39, 0.29) is 16.7 Å². The average molecular weight is 285 g/mol. The number of nitrogens with zero attached hydrogens (tertiary/aromatic N) is 3. The van der Waals surface area contributed by atoms with Gasteiger partial charge in [0, 0.05) is 12.5 Å². The highest BCUT2D eigenvalue weighted by Crippen LogP contribution is 2.41. The minimum atomic E-state index is -0.531. The molecule has 104 valence electrons. The van der Waals surface area contributed by atoms with Crippen molar-refractivity contribution in [3.05, 3.63) is 21.1 Å². The number of halogens is 1. The lowest BCUT2D eigenvalue weighted by Crippen LogP contribution is -2.11. The van der Waals surface area contributed by atoms with Gasteiger partial charge in [0.2, 0.25) is 11.0 Å². The van der Waals surface area contributed by atoms with Crippen molar-refractivity contribution in [3.63, 3.8) is 0 Å². The van der Waals surface area contributed by atoms with E-state index in [1.54, 1.807) is 0 Å². The van der Waals surface area contributed by atoms with Gasteiger partial charge in [-0.15, -0.1) is 0 Å². The van der Waals surface area contributed by atoms with Gasteiger partial charge in [0.1, 0.15) is 5.82 Å². The van der Waals surface area contributed by atoms with Crippen LogP contribution in [-0.2, 0) is 0 Å². The first-order chi connectivity index (χ1) is 8.99. The van der Waals surface area contributed by atoms with Gasteiger partial charge >= 0.3 is 5.69 Å². The Morgan fingerprint density at radius 1 is 1.47 bits per heavy atom. The highest BCUT2D eigenvalue weighted by atomic mass is 35.5. The molecule has 0 radical (unpaired) electrons. The molecule has 0 saturated heterocycles. The van der Waals surface area contributed by atoms with Gasteiger partial charge < -0.3 is 5.32 Å². The van der Waals surface area contributed by atoms with Crippen molar-refractivity contribution in [1.82, 2.24) is 9.97 Å². The smallest absolute Gasteiger partial charge is 0.348 e. The van der Waals surface area contributed by atoms with E-state index < -0.39 is 4.92 Å². The number of aromatic nitrogens is 2. The predicted molar refractivity (Wildman–Crippen MR) is 73.6 cm³/mol. The van der Waals surface area contributed by atoms with Crippen LogP contribution in [0.3, 0.4) is 0 Å². The molecule has 1 heterocycles. The SMILES string of the molecule is CC(C)CCNc1nc(C2CC2)nc(Cl)c1[N+](=O)[O-]. The Labute approximate surface area is 116 Å². The van der Waals surface area contributed by atoms with E-state index in [9.17, 15) is 10.1 Å². The first kappa shape index (κ1) is 14.0. The van der Waals surface area contributed by atoms with Gasteiger partial charge in [-0.2, -0.15) is 0 Å². The summed E-state index contributed by atoms with van der Waals surface area (Å²) in [4.78, 5) is 18.8. The topological polar surface area (TPSA) is 81.0 Å². The third-order valence-electron chi connectivity index (χ3n) is 3.00. The quantitative estimate of drug-likeness (QED) is 0.492. The second-order valence-electron chi connectivity index (χ2n) is 5.21. The molecule has 0 spiro atoms. The minimum absolute atomic E-state index is 0.0750. The van der Waals surface area contributed by atoms with Crippen molar-refractivity contribution in [2.75, 3.05) is 11.9 Å². The zero-order valence-corrected chi connectivity index (χ0v) is 11.8. The molecule has 1 saturated carbocycles. The summed E-state index contributed by atoms with van der Waals surface area (Å²) in [5.41, 5.74) is -0.227. The normalized spacial score (nSPS) is 14.7. The third-order valence-corrected chi connectivity index (χ3v) is 3.26. The summed E-state index contributed by atoms with van der Waals surface area (Å²) >= 11 is 5.91. The second-order valence-corrected chi connectivity index (χ2v) is 5.57. The Bertz CT molecular complexity index is 489. The molecule has 2 rings (SSSR count). The predicted octanol–water partition coefficient (Wildman–Crippen LogP) is 3.37. The van der Waals surface area contributed by atoms with Crippen LogP contribution in [0.2, 0.25) is 5.15 Å². The van der Waals surface area contributed by atoms with Crippen LogP contribution >= 0.6 is 11.6 Å². The summed E-state index contributed by atoms with van der Waals surface area (Å²) in [6.07, 6.45) is 2.97. The zero-order valence-electron chi connectivity index (χ0n) is 11.0. The molecule has 1 aromatic heterocycles. The molecule has 19 heavy (non-hydrogen) atoms. The van der Waals surface area contributed by atoms with Crippen LogP contribution in [0.1, 0.15) is 44.9 Å². The maximum atomic E-state index is 11.0. The number of anilines is 1. The highest BCUT2D eigenvalue weighted by Gasteiger charge is 2.31. The minimum Gasteiger partial charge on any atom is -0.364 e. The molecular weight excluding hydrogens is 268 g/mol. The molecule has 0 unspecified atom stereocenters. The fraction of sp³-hybridized carbons (Fsp3) is 0.667. The van der Waals surface area contributed by atoms with Gasteiger partial charge in [0.05, 0.1) is 4.92 Å². The third kappa shape index (κ3) is 3.53. The van der Waals surface area contributed by atoms with Crippen LogP contribution in [0.25, 0.3) is 0 Å². The Balaban J connectivity index is 2.23. The summed E-state index contributed by atoms with van der Waals surface area (Å²) in [7, 11) is 0. The summed E-state index contributed by atoms with van der Waals surface area (Å²) < 4.78 is 0. The molecule has 6 nitrogen and oxygen atoms in total. The molecule has 0 aromatic carbocycles. The summed E-state index contributed by atoms with van der Waals surface area (Å²) in [5, 5.41) is 14.0. The molecule has 1 N–H and O–H groups in total. The van der Waals surface area contributed by atoms with Crippen molar-refractivity contribution in [1.29, 1.82) is 0 Å². The number of hydrogen-bond acceptors (Lipinski definition) is 5. The maximum Gasteiger partial charge on any atom is 0.348 e. The van der Waals surface area contributed by atoms with E-state index in [0.717, 1.165) is 19.3 Å². The molecule has 1 fully saturated rings. The van der Waals surface area contributed by atoms with Crippen molar-refractivity contribution >= 4 is 23.1 Å². The van der Waals surface area contributed by atoms with E-state index in [2.05, 4.69) is 29.1 Å². The van der Waals surface area contributed by atoms with Crippen molar-refractivity contribution in [2.45, 2.75) is 39.0 Å². The van der Waals surface area contributed by atoms with Gasteiger partial charge in [0.25, 0.3) is 0 Å². The van der Waals surface area contributed by atoms with Crippen molar-refractivity contribution in [3.8, 4) is 0 Å². The Morgan fingerprint density at radius 3 is 2.68 bits per heavy atom. The molecule has 0 atom stereocenters. The largest absolute Gasteiger partial charge is 0.364 e. The number of hydrogen-bond donors (Lipinski definition) is 1. The zero-order chi connectivity index (χ0) is 14.0. The van der Waals surface area contributed by atoms with Crippen LogP contribution in [-0.4, -0.2) is 21.4 Å². The average Bonchev–Trinajstić information content (AvgIpc) is 3.10. The molecule has 7 heteroatoms. The van der Waals surface area contributed by atoms with E-state index in [1.807, 2.05) is 0 Å². The Hall–Kier alpha value is -1.43. The summed E-state index contributed by atoms with van der Waals surface area (Å²) in [6, 6.07) is 0. The van der Waals surface area contributed by atoms with Crippen LogP contribution in [0, 0.1) is 16.0 Å². The first-order valence-electron chi connectivity index (χ1n) is 6.44. The molecule has 1 aliphatic rings. The number of nitro groups is 1. The molecule has 1 aromatic rings. The molecule has 0 amide bonds. The van der Waals surface area contributed by atoms with Crippen molar-refractivity contribution in [2.24, 2.45) is 5.92 Å². The fourth-order valence-electron chi connectivity index (χ4n) is 1.73. The maximum absolute atomic E-state index is 11.0. The van der Waals surface area contributed by atoms with Gasteiger partial charge in [-0.3, -0.25) is 10.1 Å². The monoisotopic (exact) mass is 284 g/mol. The van der Waals surface area contributed by atoms with Gasteiger partial charge in [-0.25, -0.2) is 9.97 Å². The lowest BCUT2D eigenvalue weighted by atomic mass is 10.1. The van der Waals surface area contributed by atoms with Crippen molar-refractivity contribution < 1.29 is 4.92 Å². The second kappa shape index (κ2) is 5.69. The molecular formula is C12H17ClN4O2. The van der Waals surface area contributed by atoms with Crippen LogP contribution in [0.15, 0.2) is 0 Å². The van der Waals surface area contributed by atoms with Crippen LogP contribution in [0.5, 0.6) is 0 Å². The summed E-state index contributed by atoms with van der Waals surface area (Å²) in [5.74, 6) is 1.69. The van der Waals surface area contributed by atoms with E-state index in [4.69, 9.17) is 11.6 Å². The van der Waals surface area contributed by atoms with E-state index >= 15 is 0 Å². The standard InChI is InChI=1S/C12H17ClN4O2/c1-7(2)5-6-14-12-9(17(18)19)10(13)15-11(16-12)8-3-4-8/h7-8H,3-6H2,1-2H3,(H,14,15,16). The molecule has 1 aliphatic carbocycles. The molecule has 0 bridgehead atoms. The fourth-order valence-corrected chi connectivity index (χ4v) is 1.98. The van der Waals surface area contributed by atoms with E-state index in [0.29, 0.717) is 24.2 Å². The lowest BCUT2D eigenvalue weighted by Gasteiger charge is -2.09. The number of nitrogens with one attached hydrogen (secondary N) is 1. The van der Waals surface area contributed by atoms with Crippen LogP contribution in [0.4, 0.5) is 11.5 Å². The summed E-state index contributed by atoms with van der Waals surface area (Å²) in [6.45, 7) is 4.83. The first-order valence-corrected chi connectivity index (χ1v) is 6.82.